The number of benzene rings is 2. The van der Waals surface area contributed by atoms with Gasteiger partial charge in [-0.25, -0.2) is 13.4 Å². The Kier molecular flexibility index (Phi) is 7.25. The Hall–Kier alpha value is -2.57. The molecule has 176 valence electrons. The van der Waals surface area contributed by atoms with Crippen molar-refractivity contribution in [3.8, 4) is 5.75 Å². The second kappa shape index (κ2) is 10.1. The number of anilines is 1. The van der Waals surface area contributed by atoms with Crippen LogP contribution in [0, 0.1) is 0 Å². The predicted molar refractivity (Wildman–Crippen MR) is 126 cm³/mol. The summed E-state index contributed by atoms with van der Waals surface area (Å²) in [6, 6.07) is 11.9. The maximum absolute atomic E-state index is 13.7. The molecule has 0 aliphatic carbocycles. The summed E-state index contributed by atoms with van der Waals surface area (Å²) in [6.07, 6.45) is 0. The van der Waals surface area contributed by atoms with Crippen LogP contribution in [0.2, 0.25) is 0 Å². The van der Waals surface area contributed by atoms with Crippen molar-refractivity contribution in [2.45, 2.75) is 4.90 Å². The highest BCUT2D eigenvalue weighted by atomic mass is 32.2. The van der Waals surface area contributed by atoms with Crippen molar-refractivity contribution in [1.29, 1.82) is 0 Å². The lowest BCUT2D eigenvalue weighted by atomic mass is 10.1. The first-order valence-electron chi connectivity index (χ1n) is 10.4. The summed E-state index contributed by atoms with van der Waals surface area (Å²) in [6.45, 7) is 1.74. The van der Waals surface area contributed by atoms with Gasteiger partial charge in [-0.05, 0) is 30.3 Å². The Labute approximate surface area is 196 Å². The van der Waals surface area contributed by atoms with Gasteiger partial charge in [0, 0.05) is 20.2 Å². The maximum atomic E-state index is 13.7. The molecule has 1 aliphatic heterocycles. The molecule has 0 unspecified atom stereocenters. The van der Waals surface area contributed by atoms with E-state index in [-0.39, 0.29) is 42.4 Å². The van der Waals surface area contributed by atoms with E-state index in [1.165, 1.54) is 45.9 Å². The quantitative estimate of drug-likeness (QED) is 0.478. The Morgan fingerprint density at radius 3 is 2.64 bits per heavy atom. The lowest BCUT2D eigenvalue weighted by Gasteiger charge is -2.26. The first kappa shape index (κ1) is 23.6. The van der Waals surface area contributed by atoms with E-state index in [4.69, 9.17) is 14.2 Å². The summed E-state index contributed by atoms with van der Waals surface area (Å²) < 4.78 is 44.5. The largest absolute Gasteiger partial charge is 0.496 e. The summed E-state index contributed by atoms with van der Waals surface area (Å²) in [5.41, 5.74) is 0.922. The van der Waals surface area contributed by atoms with Crippen molar-refractivity contribution in [1.82, 2.24) is 9.29 Å². The number of carbonyl (C=O) groups excluding carboxylic acids is 1. The molecule has 1 saturated heterocycles. The number of carbonyl (C=O) groups is 1. The van der Waals surface area contributed by atoms with Gasteiger partial charge in [0.05, 0.1) is 54.2 Å². The van der Waals surface area contributed by atoms with Crippen LogP contribution in [-0.2, 0) is 19.5 Å². The predicted octanol–water partition coefficient (Wildman–Crippen LogP) is 2.62. The average molecular weight is 492 g/mol. The summed E-state index contributed by atoms with van der Waals surface area (Å²) in [7, 11) is -0.785. The minimum Gasteiger partial charge on any atom is -0.496 e. The Morgan fingerprint density at radius 1 is 1.18 bits per heavy atom. The van der Waals surface area contributed by atoms with E-state index in [0.717, 1.165) is 10.2 Å². The van der Waals surface area contributed by atoms with Crippen molar-refractivity contribution >= 4 is 42.6 Å². The minimum absolute atomic E-state index is 0.0320. The zero-order chi connectivity index (χ0) is 23.4. The molecule has 0 bridgehead atoms. The monoisotopic (exact) mass is 491 g/mol. The summed E-state index contributed by atoms with van der Waals surface area (Å²) in [4.78, 5) is 19.8. The van der Waals surface area contributed by atoms with Gasteiger partial charge in [-0.15, -0.1) is 0 Å². The van der Waals surface area contributed by atoms with Gasteiger partial charge in [0.15, 0.2) is 5.13 Å². The molecular weight excluding hydrogens is 466 g/mol. The van der Waals surface area contributed by atoms with Crippen molar-refractivity contribution in [2.75, 3.05) is 58.6 Å². The first-order chi connectivity index (χ1) is 16.0. The van der Waals surface area contributed by atoms with Crippen molar-refractivity contribution in [2.24, 2.45) is 0 Å². The third kappa shape index (κ3) is 4.87. The van der Waals surface area contributed by atoms with E-state index in [1.807, 2.05) is 24.3 Å². The third-order valence-corrected chi connectivity index (χ3v) is 8.24. The van der Waals surface area contributed by atoms with Crippen molar-refractivity contribution in [3.63, 3.8) is 0 Å². The topological polar surface area (TPSA) is 98.3 Å². The molecule has 1 aliphatic rings. The van der Waals surface area contributed by atoms with Gasteiger partial charge in [-0.2, -0.15) is 4.31 Å². The van der Waals surface area contributed by atoms with Gasteiger partial charge in [0.1, 0.15) is 5.75 Å². The molecule has 33 heavy (non-hydrogen) atoms. The number of thiazole rings is 1. The normalized spacial score (nSPS) is 15.0. The molecule has 1 aromatic heterocycles. The van der Waals surface area contributed by atoms with E-state index in [9.17, 15) is 13.2 Å². The number of hydrogen-bond donors (Lipinski definition) is 0. The molecule has 1 amide bonds. The van der Waals surface area contributed by atoms with Crippen LogP contribution in [0.5, 0.6) is 5.75 Å². The fourth-order valence-electron chi connectivity index (χ4n) is 3.54. The van der Waals surface area contributed by atoms with Crippen LogP contribution in [0.4, 0.5) is 5.13 Å². The number of rotatable bonds is 8. The number of fused-ring (bicyclic) bond motifs is 1. The minimum atomic E-state index is -3.78. The zero-order valence-corrected chi connectivity index (χ0v) is 20.0. The van der Waals surface area contributed by atoms with Crippen LogP contribution in [-0.4, -0.2) is 77.3 Å². The van der Waals surface area contributed by atoms with E-state index in [1.54, 1.807) is 7.11 Å². The number of ether oxygens (including phenoxy) is 3. The Bertz CT molecular complexity index is 1200. The molecule has 0 saturated carbocycles. The highest BCUT2D eigenvalue weighted by Crippen LogP contribution is 2.32. The molecule has 11 heteroatoms. The number of para-hydroxylation sites is 1. The van der Waals surface area contributed by atoms with Crippen LogP contribution in [0.15, 0.2) is 47.4 Å². The van der Waals surface area contributed by atoms with Gasteiger partial charge >= 0.3 is 0 Å². The third-order valence-electron chi connectivity index (χ3n) is 5.29. The van der Waals surface area contributed by atoms with E-state index < -0.39 is 15.9 Å². The van der Waals surface area contributed by atoms with Crippen LogP contribution < -0.4 is 9.64 Å². The highest BCUT2D eigenvalue weighted by Gasteiger charge is 2.30. The zero-order valence-electron chi connectivity index (χ0n) is 18.4. The first-order valence-corrected chi connectivity index (χ1v) is 12.6. The van der Waals surface area contributed by atoms with Crippen LogP contribution in [0.1, 0.15) is 10.4 Å². The number of hydrogen-bond acceptors (Lipinski definition) is 8. The molecule has 4 rings (SSSR count). The van der Waals surface area contributed by atoms with Crippen molar-refractivity contribution in [3.05, 3.63) is 48.0 Å². The van der Waals surface area contributed by atoms with E-state index in [0.29, 0.717) is 18.3 Å². The smallest absolute Gasteiger partial charge is 0.263 e. The number of amides is 1. The highest BCUT2D eigenvalue weighted by molar-refractivity contribution is 7.89. The lowest BCUT2D eigenvalue weighted by molar-refractivity contribution is 0.0730. The number of methoxy groups -OCH3 is 2. The molecule has 0 radical (unpaired) electrons. The molecule has 2 aromatic carbocycles. The second-order valence-corrected chi connectivity index (χ2v) is 10.2. The summed E-state index contributed by atoms with van der Waals surface area (Å²) in [5.74, 6) is -0.133. The molecule has 9 nitrogen and oxygen atoms in total. The average Bonchev–Trinajstić information content (AvgIpc) is 3.28. The fourth-order valence-corrected chi connectivity index (χ4v) is 5.96. The molecule has 1 fully saturated rings. The SMILES string of the molecule is COCCN(C(=O)c1cc(S(=O)(=O)N2CCOCC2)ccc1OC)c1nc2ccccc2s1. The van der Waals surface area contributed by atoms with Gasteiger partial charge < -0.3 is 14.2 Å². The van der Waals surface area contributed by atoms with Crippen LogP contribution >= 0.6 is 11.3 Å². The summed E-state index contributed by atoms with van der Waals surface area (Å²) >= 11 is 1.38. The van der Waals surface area contributed by atoms with Gasteiger partial charge in [-0.3, -0.25) is 9.69 Å². The number of aromatic nitrogens is 1. The lowest BCUT2D eigenvalue weighted by Crippen LogP contribution is -2.40. The standard InChI is InChI=1S/C22H25N3O6S2/c1-29-12-11-25(22-23-18-5-3-4-6-20(18)32-22)21(26)17-15-16(7-8-19(17)30-2)33(27,28)24-9-13-31-14-10-24/h3-8,15H,9-14H2,1-2H3. The number of sulfonamides is 1. The van der Waals surface area contributed by atoms with E-state index >= 15 is 0 Å². The Morgan fingerprint density at radius 2 is 1.94 bits per heavy atom. The molecule has 0 spiro atoms. The van der Waals surface area contributed by atoms with Crippen LogP contribution in [0.3, 0.4) is 0 Å². The Balaban J connectivity index is 1.74. The van der Waals surface area contributed by atoms with Crippen molar-refractivity contribution < 1.29 is 27.4 Å². The number of nitrogens with zero attached hydrogens (tertiary/aromatic N) is 3. The fraction of sp³-hybridized carbons (Fsp3) is 0.364. The van der Waals surface area contributed by atoms with Gasteiger partial charge in [-0.1, -0.05) is 23.5 Å². The molecule has 3 aromatic rings. The second-order valence-electron chi connectivity index (χ2n) is 7.29. The maximum Gasteiger partial charge on any atom is 0.263 e. The molecule has 0 N–H and O–H groups in total. The summed E-state index contributed by atoms with van der Waals surface area (Å²) in [5, 5.41) is 0.502. The van der Waals surface area contributed by atoms with Gasteiger partial charge in [0.2, 0.25) is 10.0 Å². The molecule has 0 atom stereocenters. The molecule has 2 heterocycles. The van der Waals surface area contributed by atoms with Crippen LogP contribution in [0.25, 0.3) is 10.2 Å². The molecular formula is C22H25N3O6S2. The van der Waals surface area contributed by atoms with E-state index in [2.05, 4.69) is 4.98 Å². The number of morpholine rings is 1. The van der Waals surface area contributed by atoms with Gasteiger partial charge in [0.25, 0.3) is 5.91 Å².